The molecule has 2 aliphatic rings. The zero-order chi connectivity index (χ0) is 17.5. The molecule has 3 rings (SSSR count). The predicted molar refractivity (Wildman–Crippen MR) is 102 cm³/mol. The first-order chi connectivity index (χ1) is 12.2. The van der Waals surface area contributed by atoms with Crippen molar-refractivity contribution >= 4 is 29.3 Å². The first kappa shape index (κ1) is 18.3. The molecule has 1 saturated heterocycles. The average molecular weight is 362 g/mol. The van der Waals surface area contributed by atoms with Gasteiger partial charge in [-0.15, -0.1) is 11.8 Å². The number of carbonyl (C=O) groups excluding carboxylic acids is 2. The van der Waals surface area contributed by atoms with E-state index in [0.29, 0.717) is 25.1 Å². The van der Waals surface area contributed by atoms with Crippen LogP contribution in [0.1, 0.15) is 32.1 Å². The molecular weight excluding hydrogens is 334 g/mol. The van der Waals surface area contributed by atoms with E-state index in [0.717, 1.165) is 36.8 Å². The van der Waals surface area contributed by atoms with Gasteiger partial charge in [0, 0.05) is 31.0 Å². The van der Waals surface area contributed by atoms with Crippen molar-refractivity contribution in [1.82, 2.24) is 10.2 Å². The fraction of sp³-hybridized carbons (Fsp3) is 0.579. The van der Waals surface area contributed by atoms with Crippen LogP contribution >= 0.6 is 11.8 Å². The van der Waals surface area contributed by atoms with Crippen LogP contribution in [-0.4, -0.2) is 55.2 Å². The van der Waals surface area contributed by atoms with E-state index in [4.69, 9.17) is 0 Å². The Kier molecular flexibility index (Phi) is 6.76. The first-order valence-electron chi connectivity index (χ1n) is 9.25. The molecule has 1 aromatic rings. The Morgan fingerprint density at radius 1 is 1.12 bits per heavy atom. The van der Waals surface area contributed by atoms with Crippen molar-refractivity contribution < 1.29 is 9.59 Å². The molecule has 0 saturated carbocycles. The molecule has 2 amide bonds. The third-order valence-electron chi connectivity index (χ3n) is 4.79. The monoisotopic (exact) mass is 361 g/mol. The van der Waals surface area contributed by atoms with E-state index in [2.05, 4.69) is 10.2 Å². The smallest absolute Gasteiger partial charge is 0.237 e. The SMILES string of the molecule is O=C(CCCN1C(=O)CSc2ccccc21)NCCN1CCCCC1. The van der Waals surface area contributed by atoms with Crippen LogP contribution in [-0.2, 0) is 9.59 Å². The van der Waals surface area contributed by atoms with Crippen molar-refractivity contribution in [2.24, 2.45) is 0 Å². The van der Waals surface area contributed by atoms with Gasteiger partial charge in [0.25, 0.3) is 0 Å². The summed E-state index contributed by atoms with van der Waals surface area (Å²) in [6.07, 6.45) is 5.05. The number of nitrogens with one attached hydrogen (secondary N) is 1. The van der Waals surface area contributed by atoms with Crippen molar-refractivity contribution in [3.63, 3.8) is 0 Å². The van der Waals surface area contributed by atoms with E-state index < -0.39 is 0 Å². The average Bonchev–Trinajstić information content (AvgIpc) is 2.64. The molecule has 1 fully saturated rings. The maximum Gasteiger partial charge on any atom is 0.237 e. The minimum absolute atomic E-state index is 0.0872. The van der Waals surface area contributed by atoms with Crippen molar-refractivity contribution in [3.05, 3.63) is 24.3 Å². The van der Waals surface area contributed by atoms with Gasteiger partial charge < -0.3 is 15.1 Å². The number of rotatable bonds is 7. The van der Waals surface area contributed by atoms with E-state index in [1.807, 2.05) is 29.2 Å². The molecule has 2 heterocycles. The molecule has 25 heavy (non-hydrogen) atoms. The molecule has 6 heteroatoms. The molecule has 0 bridgehead atoms. The number of likely N-dealkylation sites (tertiary alicyclic amines) is 1. The maximum atomic E-state index is 12.2. The maximum absolute atomic E-state index is 12.2. The summed E-state index contributed by atoms with van der Waals surface area (Å²) in [5.41, 5.74) is 0.981. The van der Waals surface area contributed by atoms with Gasteiger partial charge in [0.2, 0.25) is 11.8 Å². The number of hydrogen-bond acceptors (Lipinski definition) is 4. The largest absolute Gasteiger partial charge is 0.355 e. The zero-order valence-electron chi connectivity index (χ0n) is 14.7. The number of thioether (sulfide) groups is 1. The van der Waals surface area contributed by atoms with Crippen molar-refractivity contribution in [1.29, 1.82) is 0 Å². The number of piperidine rings is 1. The number of hydrogen-bond donors (Lipinski definition) is 1. The summed E-state index contributed by atoms with van der Waals surface area (Å²) >= 11 is 1.59. The fourth-order valence-corrected chi connectivity index (χ4v) is 4.36. The third-order valence-corrected chi connectivity index (χ3v) is 5.84. The van der Waals surface area contributed by atoms with Crippen LogP contribution in [0.2, 0.25) is 0 Å². The molecule has 136 valence electrons. The Balaban J connectivity index is 1.37. The number of benzene rings is 1. The normalized spacial score (nSPS) is 18.1. The predicted octanol–water partition coefficient (Wildman–Crippen LogP) is 2.51. The van der Waals surface area contributed by atoms with Crippen LogP contribution in [0.3, 0.4) is 0 Å². The van der Waals surface area contributed by atoms with Gasteiger partial charge >= 0.3 is 0 Å². The summed E-state index contributed by atoms with van der Waals surface area (Å²) in [6, 6.07) is 7.98. The lowest BCUT2D eigenvalue weighted by Crippen LogP contribution is -2.38. The van der Waals surface area contributed by atoms with Gasteiger partial charge in [0.1, 0.15) is 0 Å². The van der Waals surface area contributed by atoms with Gasteiger partial charge in [0.05, 0.1) is 11.4 Å². The second-order valence-corrected chi connectivity index (χ2v) is 7.67. The highest BCUT2D eigenvalue weighted by Crippen LogP contribution is 2.34. The number of nitrogens with zero attached hydrogens (tertiary/aromatic N) is 2. The number of amides is 2. The molecule has 0 aliphatic carbocycles. The molecule has 0 aromatic heterocycles. The molecule has 0 spiro atoms. The summed E-state index contributed by atoms with van der Waals surface area (Å²) < 4.78 is 0. The van der Waals surface area contributed by atoms with Crippen LogP contribution in [0.25, 0.3) is 0 Å². The quantitative estimate of drug-likeness (QED) is 0.811. The van der Waals surface area contributed by atoms with E-state index in [1.165, 1.54) is 19.3 Å². The van der Waals surface area contributed by atoms with Crippen LogP contribution in [0.5, 0.6) is 0 Å². The lowest BCUT2D eigenvalue weighted by Gasteiger charge is -2.29. The van der Waals surface area contributed by atoms with Crippen molar-refractivity contribution in [3.8, 4) is 0 Å². The molecule has 2 aliphatic heterocycles. The van der Waals surface area contributed by atoms with Crippen molar-refractivity contribution in [2.75, 3.05) is 43.4 Å². The lowest BCUT2D eigenvalue weighted by molar-refractivity contribution is -0.121. The number of para-hydroxylation sites is 1. The van der Waals surface area contributed by atoms with Gasteiger partial charge in [-0.1, -0.05) is 18.6 Å². The van der Waals surface area contributed by atoms with Crippen LogP contribution in [0, 0.1) is 0 Å². The highest BCUT2D eigenvalue weighted by atomic mass is 32.2. The number of anilines is 1. The minimum atomic E-state index is 0.0872. The molecule has 1 aromatic carbocycles. The Labute approximate surface area is 154 Å². The second kappa shape index (κ2) is 9.25. The van der Waals surface area contributed by atoms with Gasteiger partial charge in [-0.2, -0.15) is 0 Å². The lowest BCUT2D eigenvalue weighted by atomic mass is 10.1. The van der Waals surface area contributed by atoms with E-state index >= 15 is 0 Å². The van der Waals surface area contributed by atoms with E-state index in [-0.39, 0.29) is 11.8 Å². The Bertz CT molecular complexity index is 602. The summed E-state index contributed by atoms with van der Waals surface area (Å²) in [5.74, 6) is 0.706. The van der Waals surface area contributed by atoms with Crippen LogP contribution in [0.15, 0.2) is 29.2 Å². The van der Waals surface area contributed by atoms with Gasteiger partial charge in [-0.05, 0) is 44.5 Å². The summed E-state index contributed by atoms with van der Waals surface area (Å²) in [5, 5.41) is 3.01. The zero-order valence-corrected chi connectivity index (χ0v) is 15.5. The first-order valence-corrected chi connectivity index (χ1v) is 10.2. The highest BCUT2D eigenvalue weighted by molar-refractivity contribution is 8.00. The molecule has 0 atom stereocenters. The van der Waals surface area contributed by atoms with E-state index in [9.17, 15) is 9.59 Å². The molecule has 0 unspecified atom stereocenters. The van der Waals surface area contributed by atoms with Gasteiger partial charge in [-0.25, -0.2) is 0 Å². The molecule has 1 N–H and O–H groups in total. The Morgan fingerprint density at radius 3 is 2.76 bits per heavy atom. The minimum Gasteiger partial charge on any atom is -0.355 e. The Morgan fingerprint density at radius 2 is 1.92 bits per heavy atom. The standard InChI is InChI=1S/C19H27N3O2S/c23-18(20-10-14-21-11-4-1-5-12-21)9-6-13-22-16-7-2-3-8-17(16)25-15-19(22)24/h2-3,7-8H,1,4-6,9-15H2,(H,20,23). The fourth-order valence-electron chi connectivity index (χ4n) is 3.42. The Hall–Kier alpha value is -1.53. The number of fused-ring (bicyclic) bond motifs is 1. The summed E-state index contributed by atoms with van der Waals surface area (Å²) in [6.45, 7) is 4.59. The third kappa shape index (κ3) is 5.22. The van der Waals surface area contributed by atoms with Crippen LogP contribution < -0.4 is 10.2 Å². The van der Waals surface area contributed by atoms with Crippen LogP contribution in [0.4, 0.5) is 5.69 Å². The topological polar surface area (TPSA) is 52.7 Å². The highest BCUT2D eigenvalue weighted by Gasteiger charge is 2.23. The molecule has 0 radical (unpaired) electrons. The number of carbonyl (C=O) groups is 2. The van der Waals surface area contributed by atoms with Gasteiger partial charge in [0.15, 0.2) is 0 Å². The van der Waals surface area contributed by atoms with E-state index in [1.54, 1.807) is 11.8 Å². The summed E-state index contributed by atoms with van der Waals surface area (Å²) in [7, 11) is 0. The van der Waals surface area contributed by atoms with Gasteiger partial charge in [-0.3, -0.25) is 9.59 Å². The molecular formula is C19H27N3O2S. The molecule has 5 nitrogen and oxygen atoms in total. The second-order valence-electron chi connectivity index (χ2n) is 6.66. The van der Waals surface area contributed by atoms with Crippen molar-refractivity contribution in [2.45, 2.75) is 37.0 Å². The summed E-state index contributed by atoms with van der Waals surface area (Å²) in [4.78, 5) is 29.6.